The Kier molecular flexibility index (Phi) is 3.22. The summed E-state index contributed by atoms with van der Waals surface area (Å²) in [6, 6.07) is 27.0. The van der Waals surface area contributed by atoms with E-state index >= 15 is 0 Å². The van der Waals surface area contributed by atoms with Gasteiger partial charge in [-0.1, -0.05) is 0 Å². The predicted molar refractivity (Wildman–Crippen MR) is 94.2 cm³/mol. The summed E-state index contributed by atoms with van der Waals surface area (Å²) in [4.78, 5) is 0. The van der Waals surface area contributed by atoms with E-state index in [1.807, 2.05) is 0 Å². The van der Waals surface area contributed by atoms with Crippen molar-refractivity contribution in [1.29, 1.82) is 0 Å². The molecule has 110 valence electrons. The third-order valence-corrected chi connectivity index (χ3v) is 11.5. The van der Waals surface area contributed by atoms with Crippen LogP contribution in [-0.4, -0.2) is 0 Å². The first-order chi connectivity index (χ1) is 11.4. The zero-order valence-corrected chi connectivity index (χ0v) is 16.3. The number of allylic oxidation sites excluding steroid dienone is 1. The van der Waals surface area contributed by atoms with Gasteiger partial charge in [0, 0.05) is 0 Å². The minimum Gasteiger partial charge on any atom is -1.00 e. The van der Waals surface area contributed by atoms with Gasteiger partial charge in [-0.2, -0.15) is 0 Å². The van der Waals surface area contributed by atoms with Crippen LogP contribution in [0.2, 0.25) is 0 Å². The maximum Gasteiger partial charge on any atom is -1.00 e. The SMILES string of the molecule is C1=C[CH]([Hf+2][CH]2c3ccccc3-c3ccccc32)c2ccccc21.[H-].[H-]. The molecule has 5 rings (SSSR count). The summed E-state index contributed by atoms with van der Waals surface area (Å²) in [7, 11) is 0. The Morgan fingerprint density at radius 1 is 0.652 bits per heavy atom. The minimum atomic E-state index is -0.950. The summed E-state index contributed by atoms with van der Waals surface area (Å²) in [6.07, 6.45) is 4.80. The van der Waals surface area contributed by atoms with Crippen LogP contribution in [0.25, 0.3) is 17.2 Å². The fourth-order valence-electron chi connectivity index (χ4n) is 3.91. The summed E-state index contributed by atoms with van der Waals surface area (Å²) in [5.41, 5.74) is 9.10. The van der Waals surface area contributed by atoms with Crippen LogP contribution in [-0.2, 0) is 22.9 Å². The molecule has 0 amide bonds. The molecule has 2 aliphatic rings. The smallest absolute Gasteiger partial charge is 1.00 e. The normalized spacial score (nSPS) is 17.5. The molecule has 0 N–H and O–H groups in total. The van der Waals surface area contributed by atoms with Crippen LogP contribution in [0, 0.1) is 0 Å². The molecule has 1 atom stereocenters. The molecule has 0 spiro atoms. The molecule has 0 aromatic heterocycles. The number of rotatable bonds is 2. The van der Waals surface area contributed by atoms with Crippen molar-refractivity contribution in [2.45, 2.75) is 7.35 Å². The number of hydrogen-bond acceptors (Lipinski definition) is 0. The molecule has 0 heterocycles. The van der Waals surface area contributed by atoms with Gasteiger partial charge in [-0.3, -0.25) is 0 Å². The zero-order chi connectivity index (χ0) is 15.2. The maximum absolute atomic E-state index is 2.47. The van der Waals surface area contributed by atoms with Crippen LogP contribution in [0.1, 0.15) is 32.5 Å². The summed E-state index contributed by atoms with van der Waals surface area (Å²) in [5.74, 6) is 0. The van der Waals surface area contributed by atoms with E-state index in [1.165, 1.54) is 16.7 Å². The Hall–Kier alpha value is -1.73. The Labute approximate surface area is 151 Å². The van der Waals surface area contributed by atoms with Gasteiger partial charge in [0.25, 0.3) is 0 Å². The van der Waals surface area contributed by atoms with Gasteiger partial charge in [-0.25, -0.2) is 0 Å². The number of fused-ring (bicyclic) bond motifs is 4. The van der Waals surface area contributed by atoms with E-state index in [9.17, 15) is 0 Å². The summed E-state index contributed by atoms with van der Waals surface area (Å²) >= 11 is -0.950. The molecule has 1 unspecified atom stereocenters. The summed E-state index contributed by atoms with van der Waals surface area (Å²) in [6.45, 7) is 0. The fourth-order valence-corrected chi connectivity index (χ4v) is 10.6. The van der Waals surface area contributed by atoms with Crippen molar-refractivity contribution in [3.05, 3.63) is 101 Å². The maximum atomic E-state index is 2.47. The van der Waals surface area contributed by atoms with Gasteiger partial charge in [0.05, 0.1) is 0 Å². The zero-order valence-electron chi connectivity index (χ0n) is 14.7. The molecule has 23 heavy (non-hydrogen) atoms. The topological polar surface area (TPSA) is 0 Å². The van der Waals surface area contributed by atoms with Crippen LogP contribution >= 0.6 is 0 Å². The van der Waals surface area contributed by atoms with Gasteiger partial charge in [0.2, 0.25) is 0 Å². The summed E-state index contributed by atoms with van der Waals surface area (Å²) in [5, 5.41) is 0. The average molecular weight is 461 g/mol. The quantitative estimate of drug-likeness (QED) is 0.422. The average Bonchev–Trinajstić information content (AvgIpc) is 3.16. The Balaban J connectivity index is 0.000000911. The van der Waals surface area contributed by atoms with Crippen molar-refractivity contribution in [3.63, 3.8) is 0 Å². The van der Waals surface area contributed by atoms with Crippen LogP contribution < -0.4 is 0 Å². The molecule has 0 saturated carbocycles. The van der Waals surface area contributed by atoms with Gasteiger partial charge in [-0.05, 0) is 0 Å². The first-order valence-corrected chi connectivity index (χ1v) is 12.3. The van der Waals surface area contributed by atoms with E-state index in [2.05, 4.69) is 84.9 Å². The molecule has 3 aromatic carbocycles. The van der Waals surface area contributed by atoms with Gasteiger partial charge in [-0.15, -0.1) is 0 Å². The van der Waals surface area contributed by atoms with Crippen LogP contribution in [0.4, 0.5) is 0 Å². The van der Waals surface area contributed by atoms with Crippen LogP contribution in [0.3, 0.4) is 0 Å². The van der Waals surface area contributed by atoms with Crippen LogP contribution in [0.5, 0.6) is 0 Å². The fraction of sp³-hybridized carbons (Fsp3) is 0.0909. The van der Waals surface area contributed by atoms with Crippen molar-refractivity contribution in [2.75, 3.05) is 0 Å². The van der Waals surface area contributed by atoms with E-state index in [-0.39, 0.29) is 2.85 Å². The first kappa shape index (κ1) is 13.7. The van der Waals surface area contributed by atoms with Gasteiger partial charge < -0.3 is 2.85 Å². The Bertz CT molecular complexity index is 887. The van der Waals surface area contributed by atoms with E-state index < -0.39 is 22.9 Å². The largest absolute Gasteiger partial charge is 1.00 e. The number of benzene rings is 3. The van der Waals surface area contributed by atoms with Crippen molar-refractivity contribution < 1.29 is 25.8 Å². The Morgan fingerprint density at radius 2 is 1.22 bits per heavy atom. The molecule has 1 heteroatoms. The molecule has 0 saturated heterocycles. The molecule has 2 aliphatic carbocycles. The molecular weight excluding hydrogens is 443 g/mol. The van der Waals surface area contributed by atoms with Crippen molar-refractivity contribution in [2.24, 2.45) is 0 Å². The third-order valence-electron chi connectivity index (χ3n) is 4.98. The number of hydrogen-bond donors (Lipinski definition) is 0. The monoisotopic (exact) mass is 462 g/mol. The second-order valence-electron chi connectivity index (χ2n) is 6.24. The second-order valence-corrected chi connectivity index (χ2v) is 11.7. The molecular formula is C22H18Hf. The first-order valence-electron chi connectivity index (χ1n) is 8.13. The molecule has 0 radical (unpaired) electrons. The van der Waals surface area contributed by atoms with Gasteiger partial charge in [0.1, 0.15) is 0 Å². The molecule has 0 aliphatic heterocycles. The van der Waals surface area contributed by atoms with Crippen LogP contribution in [0.15, 0.2) is 78.9 Å². The van der Waals surface area contributed by atoms with Gasteiger partial charge in [0.15, 0.2) is 0 Å². The van der Waals surface area contributed by atoms with Crippen molar-refractivity contribution in [1.82, 2.24) is 0 Å². The standard InChI is InChI=1S/C13H9.C9H7.Hf.2H/c1-3-7-12-10(5-1)9-11-6-2-4-8-13(11)12;1-2-5-9-7-3-6-8(9)4-1;;;/h1-9H;1-7H;;;/q;;+2;2*-1. The molecule has 0 fully saturated rings. The van der Waals surface area contributed by atoms with Crippen molar-refractivity contribution in [3.8, 4) is 11.1 Å². The predicted octanol–water partition coefficient (Wildman–Crippen LogP) is 5.83. The molecule has 0 bridgehead atoms. The Morgan fingerprint density at radius 3 is 1.91 bits per heavy atom. The second kappa shape index (κ2) is 5.42. The van der Waals surface area contributed by atoms with Gasteiger partial charge >= 0.3 is 149 Å². The van der Waals surface area contributed by atoms with E-state index in [1.54, 1.807) is 16.7 Å². The van der Waals surface area contributed by atoms with E-state index in [0.29, 0.717) is 3.67 Å². The molecule has 3 aromatic rings. The minimum absolute atomic E-state index is 0. The third kappa shape index (κ3) is 2.14. The summed E-state index contributed by atoms with van der Waals surface area (Å²) < 4.78 is 1.42. The molecule has 0 nitrogen and oxygen atoms in total. The van der Waals surface area contributed by atoms with E-state index in [4.69, 9.17) is 0 Å². The van der Waals surface area contributed by atoms with E-state index in [0.717, 1.165) is 3.67 Å². The van der Waals surface area contributed by atoms with Crippen molar-refractivity contribution >= 4 is 6.08 Å².